The van der Waals surface area contributed by atoms with E-state index in [1.54, 1.807) is 0 Å². The van der Waals surface area contributed by atoms with Gasteiger partial charge >= 0.3 is 0 Å². The first-order valence-corrected chi connectivity index (χ1v) is 9.14. The number of fused-ring (bicyclic) bond motifs is 4. The molecule has 24 heavy (non-hydrogen) atoms. The third-order valence-corrected chi connectivity index (χ3v) is 7.71. The highest BCUT2D eigenvalue weighted by Gasteiger charge is 2.64. The molecule has 5 atom stereocenters. The zero-order chi connectivity index (χ0) is 22.3. The average Bonchev–Trinajstić information content (AvgIpc) is 2.90. The Hall–Kier alpha value is -1.07. The maximum Gasteiger partial charge on any atom is 0.137 e. The van der Waals surface area contributed by atoms with Crippen LogP contribution in [0.3, 0.4) is 0 Å². The van der Waals surface area contributed by atoms with E-state index in [2.05, 4.69) is 5.92 Å². The molecule has 0 unspecified atom stereocenters. The van der Waals surface area contributed by atoms with E-state index >= 15 is 0 Å². The molecule has 0 bridgehead atoms. The van der Waals surface area contributed by atoms with Crippen molar-refractivity contribution in [2.45, 2.75) is 77.6 Å². The Labute approximate surface area is 154 Å². The minimum Gasteiger partial charge on any atom is -0.377 e. The van der Waals surface area contributed by atoms with Gasteiger partial charge in [0.15, 0.2) is 0 Å². The standard InChI is InChI=1S/C22H30O2/c1-5-22(24)11-9-18-19-17(8-10-21(18,22)4)16-7-6-15(23)12-14(16)13-20(19,2)3/h1,17-19,24H,6-13H2,2-4H3/t17-,18+,19-,21+,22+/m1/s1/i2D3,3D3. The molecule has 0 heterocycles. The van der Waals surface area contributed by atoms with Gasteiger partial charge in [-0.3, -0.25) is 4.79 Å². The van der Waals surface area contributed by atoms with Gasteiger partial charge in [0.2, 0.25) is 0 Å². The van der Waals surface area contributed by atoms with E-state index in [4.69, 9.17) is 14.6 Å². The predicted octanol–water partition coefficient (Wildman–Crippen LogP) is 4.27. The van der Waals surface area contributed by atoms with Gasteiger partial charge in [-0.2, -0.15) is 0 Å². The number of terminal acetylenes is 1. The van der Waals surface area contributed by atoms with Gasteiger partial charge < -0.3 is 5.11 Å². The third kappa shape index (κ3) is 1.97. The van der Waals surface area contributed by atoms with E-state index in [1.165, 1.54) is 0 Å². The monoisotopic (exact) mass is 332 g/mol. The molecule has 0 saturated heterocycles. The summed E-state index contributed by atoms with van der Waals surface area (Å²) in [6.07, 6.45) is 8.93. The first-order valence-electron chi connectivity index (χ1n) is 12.1. The number of ketones is 1. The molecule has 2 fully saturated rings. The number of carbonyl (C=O) groups excluding carboxylic acids is 1. The van der Waals surface area contributed by atoms with E-state index in [9.17, 15) is 9.90 Å². The molecule has 1 N–H and O–H groups in total. The maximum atomic E-state index is 12.2. The van der Waals surface area contributed by atoms with Crippen LogP contribution in [0.15, 0.2) is 11.1 Å². The highest BCUT2D eigenvalue weighted by atomic mass is 16.3. The van der Waals surface area contributed by atoms with Crippen LogP contribution in [0.1, 0.15) is 80.2 Å². The number of allylic oxidation sites excluding steroid dienone is 2. The van der Waals surface area contributed by atoms with Crippen molar-refractivity contribution in [2.75, 3.05) is 0 Å². The lowest BCUT2D eigenvalue weighted by Crippen LogP contribution is -2.54. The molecule has 4 aliphatic carbocycles. The Balaban J connectivity index is 1.96. The summed E-state index contributed by atoms with van der Waals surface area (Å²) in [6.45, 7) is -3.54. The SMILES string of the molecule is [2H]C([2H])([2H])C1(C([2H])([2H])[2H])CC2=C(CCC(=O)C2)[C@H]2CC[C@@]3(C)[C@@H](CC[C@@]3(O)C#C)[C@@H]21. The Morgan fingerprint density at radius 2 is 2.08 bits per heavy atom. The summed E-state index contributed by atoms with van der Waals surface area (Å²) < 4.78 is 50.6. The van der Waals surface area contributed by atoms with Crippen LogP contribution >= 0.6 is 0 Å². The molecule has 0 amide bonds. The van der Waals surface area contributed by atoms with Crippen molar-refractivity contribution in [2.24, 2.45) is 28.6 Å². The van der Waals surface area contributed by atoms with Gasteiger partial charge in [-0.25, -0.2) is 0 Å². The van der Waals surface area contributed by atoms with Crippen molar-refractivity contribution in [1.29, 1.82) is 0 Å². The van der Waals surface area contributed by atoms with Crippen LogP contribution in [0.5, 0.6) is 0 Å². The normalized spacial score (nSPS) is 51.5. The summed E-state index contributed by atoms with van der Waals surface area (Å²) in [5.74, 6) is 1.53. The van der Waals surface area contributed by atoms with Crippen LogP contribution in [-0.4, -0.2) is 16.5 Å². The van der Waals surface area contributed by atoms with Crippen molar-refractivity contribution in [3.05, 3.63) is 11.1 Å². The van der Waals surface area contributed by atoms with E-state index in [0.717, 1.165) is 11.1 Å². The summed E-state index contributed by atoms with van der Waals surface area (Å²) in [5, 5.41) is 11.2. The fourth-order valence-electron chi connectivity index (χ4n) is 6.44. The van der Waals surface area contributed by atoms with Crippen molar-refractivity contribution < 1.29 is 18.1 Å². The lowest BCUT2D eigenvalue weighted by molar-refractivity contribution is -0.120. The summed E-state index contributed by atoms with van der Waals surface area (Å²) in [5.41, 5.74) is -2.15. The molecular weight excluding hydrogens is 296 g/mol. The van der Waals surface area contributed by atoms with E-state index in [1.807, 2.05) is 6.92 Å². The molecule has 2 nitrogen and oxygen atoms in total. The predicted molar refractivity (Wildman–Crippen MR) is 95.1 cm³/mol. The number of carbonyl (C=O) groups is 1. The van der Waals surface area contributed by atoms with Crippen LogP contribution < -0.4 is 0 Å². The molecule has 0 spiro atoms. The maximum absolute atomic E-state index is 12.2. The minimum atomic E-state index is -2.73. The van der Waals surface area contributed by atoms with Crippen molar-refractivity contribution in [3.63, 3.8) is 0 Å². The second kappa shape index (κ2) is 4.98. The summed E-state index contributed by atoms with van der Waals surface area (Å²) >= 11 is 0. The summed E-state index contributed by atoms with van der Waals surface area (Å²) in [7, 11) is 0. The second-order valence-corrected chi connectivity index (χ2v) is 8.73. The molecule has 4 aliphatic rings. The molecular formula is C22H30O2. The van der Waals surface area contributed by atoms with Gasteiger partial charge in [-0.1, -0.05) is 37.7 Å². The first-order chi connectivity index (χ1) is 13.7. The van der Waals surface area contributed by atoms with E-state index in [-0.39, 0.29) is 30.5 Å². The number of rotatable bonds is 0. The van der Waals surface area contributed by atoms with Crippen molar-refractivity contribution >= 4 is 5.78 Å². The Bertz CT molecular complexity index is 833. The lowest BCUT2D eigenvalue weighted by Gasteiger charge is -2.58. The van der Waals surface area contributed by atoms with Crippen LogP contribution in [0.25, 0.3) is 0 Å². The van der Waals surface area contributed by atoms with E-state index in [0.29, 0.717) is 38.5 Å². The quantitative estimate of drug-likeness (QED) is 0.531. The largest absolute Gasteiger partial charge is 0.377 e. The van der Waals surface area contributed by atoms with Crippen molar-refractivity contribution in [1.82, 2.24) is 0 Å². The summed E-state index contributed by atoms with van der Waals surface area (Å²) in [4.78, 5) is 12.2. The molecule has 0 aromatic carbocycles. The van der Waals surface area contributed by atoms with Crippen LogP contribution in [-0.2, 0) is 4.79 Å². The average molecular weight is 333 g/mol. The molecule has 0 aromatic rings. The van der Waals surface area contributed by atoms with Gasteiger partial charge in [0.1, 0.15) is 11.4 Å². The van der Waals surface area contributed by atoms with Crippen LogP contribution in [0.2, 0.25) is 0 Å². The third-order valence-electron chi connectivity index (χ3n) is 7.71. The zero-order valence-corrected chi connectivity index (χ0v) is 14.3. The molecule has 0 radical (unpaired) electrons. The van der Waals surface area contributed by atoms with Gasteiger partial charge in [-0.15, -0.1) is 6.42 Å². The fourth-order valence-corrected chi connectivity index (χ4v) is 6.44. The number of Topliss-reactive ketones (excluding diaryl/α,β-unsaturated/α-hetero) is 1. The molecule has 130 valence electrons. The first kappa shape index (κ1) is 10.8. The van der Waals surface area contributed by atoms with Crippen LogP contribution in [0, 0.1) is 40.9 Å². The second-order valence-electron chi connectivity index (χ2n) is 8.73. The van der Waals surface area contributed by atoms with Gasteiger partial charge in [0, 0.05) is 26.5 Å². The zero-order valence-electron chi connectivity index (χ0n) is 20.3. The fraction of sp³-hybridized carbons (Fsp3) is 0.773. The molecule has 2 heteroatoms. The lowest BCUT2D eigenvalue weighted by atomic mass is 9.46. The highest BCUT2D eigenvalue weighted by Crippen LogP contribution is 2.67. The molecule has 0 aromatic heterocycles. The Morgan fingerprint density at radius 1 is 1.29 bits per heavy atom. The topological polar surface area (TPSA) is 37.3 Å². The Kier molecular flexibility index (Phi) is 2.24. The van der Waals surface area contributed by atoms with Gasteiger partial charge in [0.05, 0.1) is 0 Å². The van der Waals surface area contributed by atoms with Gasteiger partial charge in [-0.05, 0) is 61.7 Å². The smallest absolute Gasteiger partial charge is 0.137 e. The summed E-state index contributed by atoms with van der Waals surface area (Å²) in [6, 6.07) is 0. The van der Waals surface area contributed by atoms with Gasteiger partial charge in [0.25, 0.3) is 0 Å². The number of hydrogen-bond donors (Lipinski definition) is 1. The number of aliphatic hydroxyl groups is 1. The molecule has 0 aliphatic heterocycles. The Morgan fingerprint density at radius 3 is 2.79 bits per heavy atom. The number of hydrogen-bond acceptors (Lipinski definition) is 2. The van der Waals surface area contributed by atoms with Crippen molar-refractivity contribution in [3.8, 4) is 12.3 Å². The minimum absolute atomic E-state index is 0.0559. The molecule has 2 saturated carbocycles. The molecule has 4 rings (SSSR count). The van der Waals surface area contributed by atoms with E-state index < -0.39 is 36.1 Å². The van der Waals surface area contributed by atoms with Crippen LogP contribution in [0.4, 0.5) is 0 Å². The highest BCUT2D eigenvalue weighted by molar-refractivity contribution is 5.82.